The van der Waals surface area contributed by atoms with E-state index in [1.165, 1.54) is 42.1 Å². The summed E-state index contributed by atoms with van der Waals surface area (Å²) in [5.74, 6) is -1.13. The third-order valence-electron chi connectivity index (χ3n) is 4.22. The Morgan fingerprint density at radius 1 is 1.10 bits per heavy atom. The number of carbonyl (C=O) groups excluding carboxylic acids is 1. The molecule has 0 fully saturated rings. The summed E-state index contributed by atoms with van der Waals surface area (Å²) in [7, 11) is -4.09. The van der Waals surface area contributed by atoms with Gasteiger partial charge in [-0.05, 0) is 60.9 Å². The number of pyridine rings is 1. The number of amides is 1. The number of anilines is 1. The van der Waals surface area contributed by atoms with Crippen molar-refractivity contribution in [1.82, 2.24) is 10.3 Å². The van der Waals surface area contributed by atoms with Crippen molar-refractivity contribution < 1.29 is 17.6 Å². The number of nitrogens with zero attached hydrogens (tertiary/aromatic N) is 2. The second-order valence-electron chi connectivity index (χ2n) is 6.26. The summed E-state index contributed by atoms with van der Waals surface area (Å²) in [6.07, 6.45) is 3.48. The van der Waals surface area contributed by atoms with Gasteiger partial charge in [0.05, 0.1) is 22.8 Å². The summed E-state index contributed by atoms with van der Waals surface area (Å²) >= 11 is 1.48. The Kier molecular flexibility index (Phi) is 7.07. The van der Waals surface area contributed by atoms with Gasteiger partial charge in [-0.1, -0.05) is 12.1 Å². The maximum atomic E-state index is 13.8. The molecule has 6 nitrogen and oxygen atoms in total. The fourth-order valence-corrected chi connectivity index (χ4v) is 4.52. The van der Waals surface area contributed by atoms with Crippen LogP contribution in [0, 0.1) is 5.82 Å². The number of rotatable bonds is 8. The molecule has 0 atom stereocenters. The summed E-state index contributed by atoms with van der Waals surface area (Å²) in [5.41, 5.74) is 0.704. The highest BCUT2D eigenvalue weighted by Gasteiger charge is 2.27. The molecule has 0 aliphatic rings. The van der Waals surface area contributed by atoms with Crippen molar-refractivity contribution in [1.29, 1.82) is 0 Å². The molecule has 0 aliphatic carbocycles. The number of thioether (sulfide) groups is 1. The van der Waals surface area contributed by atoms with E-state index in [1.54, 1.807) is 36.5 Å². The second kappa shape index (κ2) is 9.73. The van der Waals surface area contributed by atoms with Crippen LogP contribution in [-0.2, 0) is 21.4 Å². The predicted molar refractivity (Wildman–Crippen MR) is 115 cm³/mol. The SMILES string of the molecule is CSc1ccc(S(=O)(=O)N(CC(=O)NCc2ccccn2)c2cccc(F)c2)cc1. The summed E-state index contributed by atoms with van der Waals surface area (Å²) in [6, 6.07) is 16.7. The molecule has 0 spiro atoms. The normalized spacial score (nSPS) is 11.1. The van der Waals surface area contributed by atoms with Crippen LogP contribution in [0.2, 0.25) is 0 Å². The lowest BCUT2D eigenvalue weighted by Gasteiger charge is -2.24. The van der Waals surface area contributed by atoms with Crippen LogP contribution in [0.5, 0.6) is 0 Å². The third kappa shape index (κ3) is 5.37. The van der Waals surface area contributed by atoms with Crippen LogP contribution >= 0.6 is 11.8 Å². The molecule has 0 saturated heterocycles. The average molecular weight is 446 g/mol. The van der Waals surface area contributed by atoms with Crippen LogP contribution in [0.3, 0.4) is 0 Å². The third-order valence-corrected chi connectivity index (χ3v) is 6.76. The minimum Gasteiger partial charge on any atom is -0.349 e. The molecule has 1 aromatic heterocycles. The maximum absolute atomic E-state index is 13.8. The largest absolute Gasteiger partial charge is 0.349 e. The highest BCUT2D eigenvalue weighted by Crippen LogP contribution is 2.25. The first-order chi connectivity index (χ1) is 14.4. The van der Waals surface area contributed by atoms with Crippen LogP contribution < -0.4 is 9.62 Å². The van der Waals surface area contributed by atoms with E-state index < -0.39 is 28.3 Å². The summed E-state index contributed by atoms with van der Waals surface area (Å²) in [4.78, 5) is 17.6. The van der Waals surface area contributed by atoms with Gasteiger partial charge in [0.1, 0.15) is 12.4 Å². The van der Waals surface area contributed by atoms with Gasteiger partial charge in [-0.3, -0.25) is 14.1 Å². The maximum Gasteiger partial charge on any atom is 0.264 e. The first kappa shape index (κ1) is 21.8. The molecule has 2 aromatic carbocycles. The minimum absolute atomic E-state index is 0.0158. The van der Waals surface area contributed by atoms with Gasteiger partial charge in [0.15, 0.2) is 0 Å². The van der Waals surface area contributed by atoms with Crippen molar-refractivity contribution in [2.45, 2.75) is 16.3 Å². The number of hydrogen-bond donors (Lipinski definition) is 1. The first-order valence-electron chi connectivity index (χ1n) is 8.99. The van der Waals surface area contributed by atoms with Crippen molar-refractivity contribution in [3.05, 3.63) is 84.4 Å². The van der Waals surface area contributed by atoms with E-state index in [-0.39, 0.29) is 17.1 Å². The Bertz CT molecular complexity index is 1110. The number of benzene rings is 2. The van der Waals surface area contributed by atoms with Crippen molar-refractivity contribution in [2.75, 3.05) is 17.1 Å². The average Bonchev–Trinajstić information content (AvgIpc) is 2.76. The van der Waals surface area contributed by atoms with Gasteiger partial charge >= 0.3 is 0 Å². The van der Waals surface area contributed by atoms with Crippen LogP contribution in [0.25, 0.3) is 0 Å². The zero-order valence-electron chi connectivity index (χ0n) is 16.2. The molecule has 9 heteroatoms. The van der Waals surface area contributed by atoms with E-state index in [2.05, 4.69) is 10.3 Å². The summed E-state index contributed by atoms with van der Waals surface area (Å²) in [5, 5.41) is 2.65. The van der Waals surface area contributed by atoms with E-state index in [0.717, 1.165) is 15.3 Å². The Labute approximate surface area is 179 Å². The van der Waals surface area contributed by atoms with E-state index in [9.17, 15) is 17.6 Å². The molecule has 30 heavy (non-hydrogen) atoms. The van der Waals surface area contributed by atoms with Crippen LogP contribution in [-0.4, -0.2) is 32.1 Å². The highest BCUT2D eigenvalue weighted by molar-refractivity contribution is 7.98. The van der Waals surface area contributed by atoms with Crippen molar-refractivity contribution in [2.24, 2.45) is 0 Å². The van der Waals surface area contributed by atoms with Gasteiger partial charge in [-0.2, -0.15) is 0 Å². The standard InChI is InChI=1S/C21H20FN3O3S2/c1-29-19-8-10-20(11-9-19)30(27,28)25(18-7-4-5-16(22)13-18)15-21(26)24-14-17-6-2-3-12-23-17/h2-13H,14-15H2,1H3,(H,24,26). The number of nitrogens with one attached hydrogen (secondary N) is 1. The lowest BCUT2D eigenvalue weighted by molar-refractivity contribution is -0.119. The molecule has 0 saturated carbocycles. The molecule has 0 radical (unpaired) electrons. The number of carbonyl (C=O) groups is 1. The van der Waals surface area contributed by atoms with Crippen LogP contribution in [0.15, 0.2) is 82.7 Å². The summed E-state index contributed by atoms with van der Waals surface area (Å²) < 4.78 is 41.2. The van der Waals surface area contributed by atoms with E-state index in [0.29, 0.717) is 5.69 Å². The van der Waals surface area contributed by atoms with Gasteiger partial charge < -0.3 is 5.32 Å². The molecule has 1 heterocycles. The minimum atomic E-state index is -4.09. The van der Waals surface area contributed by atoms with Crippen LogP contribution in [0.1, 0.15) is 5.69 Å². The molecule has 1 N–H and O–H groups in total. The molecule has 3 rings (SSSR count). The Balaban J connectivity index is 1.87. The molecule has 0 bridgehead atoms. The van der Waals surface area contributed by atoms with E-state index >= 15 is 0 Å². The molecule has 0 aliphatic heterocycles. The van der Waals surface area contributed by atoms with E-state index in [4.69, 9.17) is 0 Å². The lowest BCUT2D eigenvalue weighted by atomic mass is 10.3. The molecular formula is C21H20FN3O3S2. The molecule has 156 valence electrons. The fraction of sp³-hybridized carbons (Fsp3) is 0.143. The second-order valence-corrected chi connectivity index (χ2v) is 9.01. The number of sulfonamides is 1. The molecule has 3 aromatic rings. The van der Waals surface area contributed by atoms with Crippen molar-refractivity contribution in [3.8, 4) is 0 Å². The quantitative estimate of drug-likeness (QED) is 0.537. The van der Waals surface area contributed by atoms with Crippen molar-refractivity contribution >= 4 is 33.4 Å². The smallest absolute Gasteiger partial charge is 0.264 e. The van der Waals surface area contributed by atoms with Crippen molar-refractivity contribution in [3.63, 3.8) is 0 Å². The van der Waals surface area contributed by atoms with Gasteiger partial charge in [0.2, 0.25) is 5.91 Å². The van der Waals surface area contributed by atoms with Gasteiger partial charge in [0.25, 0.3) is 10.0 Å². The Morgan fingerprint density at radius 2 is 1.87 bits per heavy atom. The number of aromatic nitrogens is 1. The fourth-order valence-electron chi connectivity index (χ4n) is 2.70. The topological polar surface area (TPSA) is 79.4 Å². The van der Waals surface area contributed by atoms with Gasteiger partial charge in [0, 0.05) is 11.1 Å². The highest BCUT2D eigenvalue weighted by atomic mass is 32.2. The number of halogens is 1. The molecule has 1 amide bonds. The molecule has 0 unspecified atom stereocenters. The number of hydrogen-bond acceptors (Lipinski definition) is 5. The lowest BCUT2D eigenvalue weighted by Crippen LogP contribution is -2.40. The zero-order valence-corrected chi connectivity index (χ0v) is 17.8. The Morgan fingerprint density at radius 3 is 2.50 bits per heavy atom. The van der Waals surface area contributed by atoms with Gasteiger partial charge in [-0.15, -0.1) is 11.8 Å². The monoisotopic (exact) mass is 445 g/mol. The van der Waals surface area contributed by atoms with E-state index in [1.807, 2.05) is 6.26 Å². The Hall–Kier alpha value is -2.91. The predicted octanol–water partition coefficient (Wildman–Crippen LogP) is 3.45. The summed E-state index contributed by atoms with van der Waals surface area (Å²) in [6.45, 7) is -0.345. The first-order valence-corrected chi connectivity index (χ1v) is 11.7. The van der Waals surface area contributed by atoms with Gasteiger partial charge in [-0.25, -0.2) is 12.8 Å². The molecular weight excluding hydrogens is 425 g/mol. The van der Waals surface area contributed by atoms with Crippen LogP contribution in [0.4, 0.5) is 10.1 Å². The zero-order chi connectivity index (χ0) is 21.6.